The van der Waals surface area contributed by atoms with Crippen LogP contribution in [0.25, 0.3) is 11.3 Å². The molecule has 0 fully saturated rings. The lowest BCUT2D eigenvalue weighted by atomic mass is 9.99. The van der Waals surface area contributed by atoms with Crippen LogP contribution in [0, 0.1) is 0 Å². The van der Waals surface area contributed by atoms with Crippen LogP contribution in [0.4, 0.5) is 0 Å². The number of Topliss-reactive ketones (excluding diaryl/α,β-unsaturated/α-hetero) is 2. The molecule has 1 aromatic carbocycles. The van der Waals surface area contributed by atoms with Gasteiger partial charge in [0.15, 0.2) is 5.76 Å². The first-order chi connectivity index (χ1) is 11.1. The number of carbonyl (C=O) groups is 2. The SMILES string of the molecule is COC1=C(N)C(=O)c2nc(-c3ccccc3)c(OC)nc2C1=O. The van der Waals surface area contributed by atoms with Gasteiger partial charge < -0.3 is 15.2 Å². The number of nitrogens with zero attached hydrogens (tertiary/aromatic N) is 2. The first-order valence-corrected chi connectivity index (χ1v) is 6.73. The van der Waals surface area contributed by atoms with Gasteiger partial charge in [0, 0.05) is 5.56 Å². The van der Waals surface area contributed by atoms with Crippen molar-refractivity contribution >= 4 is 11.6 Å². The zero-order chi connectivity index (χ0) is 16.6. The van der Waals surface area contributed by atoms with Crippen molar-refractivity contribution in [3.05, 3.63) is 53.2 Å². The second-order valence-corrected chi connectivity index (χ2v) is 4.75. The average Bonchev–Trinajstić information content (AvgIpc) is 2.60. The van der Waals surface area contributed by atoms with E-state index in [9.17, 15) is 9.59 Å². The van der Waals surface area contributed by atoms with E-state index >= 15 is 0 Å². The third-order valence-corrected chi connectivity index (χ3v) is 3.43. The van der Waals surface area contributed by atoms with E-state index in [-0.39, 0.29) is 28.7 Å². The van der Waals surface area contributed by atoms with Crippen LogP contribution in [0.3, 0.4) is 0 Å². The van der Waals surface area contributed by atoms with Crippen molar-refractivity contribution < 1.29 is 19.1 Å². The van der Waals surface area contributed by atoms with Gasteiger partial charge in [-0.25, -0.2) is 9.97 Å². The Bertz CT molecular complexity index is 844. The summed E-state index contributed by atoms with van der Waals surface area (Å²) in [4.78, 5) is 33.1. The number of hydrogen-bond acceptors (Lipinski definition) is 7. The van der Waals surface area contributed by atoms with Crippen molar-refractivity contribution in [3.63, 3.8) is 0 Å². The molecule has 0 saturated heterocycles. The molecule has 7 nitrogen and oxygen atoms in total. The van der Waals surface area contributed by atoms with Gasteiger partial charge in [0.2, 0.25) is 11.7 Å². The highest BCUT2D eigenvalue weighted by Crippen LogP contribution is 2.30. The molecule has 1 heterocycles. The lowest BCUT2D eigenvalue weighted by Gasteiger charge is -2.18. The van der Waals surface area contributed by atoms with E-state index in [2.05, 4.69) is 9.97 Å². The molecule has 1 aliphatic rings. The summed E-state index contributed by atoms with van der Waals surface area (Å²) < 4.78 is 10.1. The molecule has 0 bridgehead atoms. The second kappa shape index (κ2) is 5.53. The molecule has 0 amide bonds. The van der Waals surface area contributed by atoms with Crippen molar-refractivity contribution in [2.45, 2.75) is 0 Å². The molecule has 116 valence electrons. The standard InChI is InChI=1S/C16H13N3O4/c1-22-15-9(17)13(20)11-12(14(15)21)19-16(23-2)10(18-11)8-6-4-3-5-7-8/h3-7H,17H2,1-2H3. The van der Waals surface area contributed by atoms with Gasteiger partial charge in [-0.1, -0.05) is 30.3 Å². The summed E-state index contributed by atoms with van der Waals surface area (Å²) in [6.07, 6.45) is 0. The van der Waals surface area contributed by atoms with Crippen LogP contribution in [-0.2, 0) is 4.74 Å². The fourth-order valence-electron chi connectivity index (χ4n) is 2.33. The fraction of sp³-hybridized carbons (Fsp3) is 0.125. The molecule has 2 aromatic rings. The first kappa shape index (κ1) is 14.7. The largest absolute Gasteiger partial charge is 0.491 e. The Labute approximate surface area is 131 Å². The van der Waals surface area contributed by atoms with Gasteiger partial charge in [-0.3, -0.25) is 9.59 Å². The molecular formula is C16H13N3O4. The number of fused-ring (bicyclic) bond motifs is 1. The van der Waals surface area contributed by atoms with Gasteiger partial charge in [-0.15, -0.1) is 0 Å². The van der Waals surface area contributed by atoms with Crippen LogP contribution in [0.1, 0.15) is 21.0 Å². The maximum atomic E-state index is 12.4. The molecule has 1 aliphatic carbocycles. The minimum atomic E-state index is -0.594. The van der Waals surface area contributed by atoms with Gasteiger partial charge in [0.25, 0.3) is 5.78 Å². The van der Waals surface area contributed by atoms with Crippen molar-refractivity contribution in [1.82, 2.24) is 9.97 Å². The highest BCUT2D eigenvalue weighted by Gasteiger charge is 2.36. The summed E-state index contributed by atoms with van der Waals surface area (Å²) in [5.41, 5.74) is 6.25. The molecular weight excluding hydrogens is 298 g/mol. The summed E-state index contributed by atoms with van der Waals surface area (Å²) in [5.74, 6) is -1.27. The van der Waals surface area contributed by atoms with Crippen LogP contribution in [0.2, 0.25) is 0 Å². The molecule has 0 atom stereocenters. The minimum Gasteiger partial charge on any atom is -0.491 e. The number of ketones is 2. The monoisotopic (exact) mass is 311 g/mol. The van der Waals surface area contributed by atoms with E-state index in [1.54, 1.807) is 12.1 Å². The minimum absolute atomic E-state index is 0.104. The number of ether oxygens (including phenoxy) is 2. The number of hydrogen-bond donors (Lipinski definition) is 1. The van der Waals surface area contributed by atoms with Gasteiger partial charge in [-0.2, -0.15) is 0 Å². The Kier molecular flexibility index (Phi) is 3.53. The molecule has 0 aliphatic heterocycles. The van der Waals surface area contributed by atoms with E-state index in [1.165, 1.54) is 14.2 Å². The quantitative estimate of drug-likeness (QED) is 0.912. The van der Waals surface area contributed by atoms with Crippen LogP contribution >= 0.6 is 0 Å². The lowest BCUT2D eigenvalue weighted by Crippen LogP contribution is -2.29. The van der Waals surface area contributed by atoms with Crippen LogP contribution < -0.4 is 10.5 Å². The number of rotatable bonds is 3. The third-order valence-electron chi connectivity index (χ3n) is 3.43. The van der Waals surface area contributed by atoms with Crippen molar-refractivity contribution in [2.24, 2.45) is 5.73 Å². The smallest absolute Gasteiger partial charge is 0.250 e. The lowest BCUT2D eigenvalue weighted by molar-refractivity contribution is 0.0896. The van der Waals surface area contributed by atoms with E-state index in [0.29, 0.717) is 11.3 Å². The normalized spacial score (nSPS) is 13.8. The van der Waals surface area contributed by atoms with Crippen molar-refractivity contribution in [3.8, 4) is 17.1 Å². The summed E-state index contributed by atoms with van der Waals surface area (Å²) in [5, 5.41) is 0. The number of methoxy groups -OCH3 is 2. The van der Waals surface area contributed by atoms with Crippen LogP contribution in [0.5, 0.6) is 5.88 Å². The molecule has 0 spiro atoms. The molecule has 3 rings (SSSR count). The Morgan fingerprint density at radius 1 is 0.870 bits per heavy atom. The Morgan fingerprint density at radius 2 is 1.52 bits per heavy atom. The Morgan fingerprint density at radius 3 is 2.13 bits per heavy atom. The van der Waals surface area contributed by atoms with E-state index < -0.39 is 11.6 Å². The molecule has 23 heavy (non-hydrogen) atoms. The molecule has 1 aromatic heterocycles. The van der Waals surface area contributed by atoms with Crippen molar-refractivity contribution in [1.29, 1.82) is 0 Å². The summed E-state index contributed by atoms with van der Waals surface area (Å²) >= 11 is 0. The molecule has 7 heteroatoms. The Balaban J connectivity index is 2.25. The van der Waals surface area contributed by atoms with E-state index in [4.69, 9.17) is 15.2 Å². The number of benzene rings is 1. The predicted octanol–water partition coefficient (Wildman–Crippen LogP) is 1.35. The third kappa shape index (κ3) is 2.22. The summed E-state index contributed by atoms with van der Waals surface area (Å²) in [6, 6.07) is 9.09. The summed E-state index contributed by atoms with van der Waals surface area (Å²) in [6.45, 7) is 0. The van der Waals surface area contributed by atoms with Gasteiger partial charge in [-0.05, 0) is 0 Å². The predicted molar refractivity (Wildman–Crippen MR) is 80.9 cm³/mol. The number of allylic oxidation sites excluding steroid dienone is 2. The second-order valence-electron chi connectivity index (χ2n) is 4.75. The van der Waals surface area contributed by atoms with E-state index in [1.807, 2.05) is 18.2 Å². The average molecular weight is 311 g/mol. The highest BCUT2D eigenvalue weighted by molar-refractivity contribution is 6.24. The van der Waals surface area contributed by atoms with Crippen LogP contribution in [-0.4, -0.2) is 35.8 Å². The number of aromatic nitrogens is 2. The van der Waals surface area contributed by atoms with Crippen LogP contribution in [0.15, 0.2) is 41.8 Å². The zero-order valence-corrected chi connectivity index (χ0v) is 12.5. The number of carbonyl (C=O) groups excluding carboxylic acids is 2. The van der Waals surface area contributed by atoms with Crippen molar-refractivity contribution in [2.75, 3.05) is 14.2 Å². The Hall–Kier alpha value is -3.22. The molecule has 0 saturated carbocycles. The number of nitrogens with two attached hydrogens (primary N) is 1. The van der Waals surface area contributed by atoms with Gasteiger partial charge >= 0.3 is 0 Å². The fourth-order valence-corrected chi connectivity index (χ4v) is 2.33. The first-order valence-electron chi connectivity index (χ1n) is 6.73. The molecule has 0 unspecified atom stereocenters. The topological polar surface area (TPSA) is 104 Å². The van der Waals surface area contributed by atoms with E-state index in [0.717, 1.165) is 0 Å². The summed E-state index contributed by atoms with van der Waals surface area (Å²) in [7, 11) is 2.68. The van der Waals surface area contributed by atoms with Gasteiger partial charge in [0.05, 0.1) is 14.2 Å². The maximum absolute atomic E-state index is 12.4. The molecule has 2 N–H and O–H groups in total. The maximum Gasteiger partial charge on any atom is 0.250 e. The van der Waals surface area contributed by atoms with Gasteiger partial charge in [0.1, 0.15) is 22.8 Å². The zero-order valence-electron chi connectivity index (χ0n) is 12.5. The highest BCUT2D eigenvalue weighted by atomic mass is 16.5. The molecule has 0 radical (unpaired) electrons.